The van der Waals surface area contributed by atoms with Crippen LogP contribution in [-0.4, -0.2) is 39.7 Å². The predicted octanol–water partition coefficient (Wildman–Crippen LogP) is 3.34. The van der Waals surface area contributed by atoms with Gasteiger partial charge in [0.2, 0.25) is 5.91 Å². The lowest BCUT2D eigenvalue weighted by Crippen LogP contribution is -2.36. The van der Waals surface area contributed by atoms with Gasteiger partial charge in [-0.2, -0.15) is 0 Å². The Bertz CT molecular complexity index is 1120. The first-order valence-corrected chi connectivity index (χ1v) is 10.6. The molecule has 3 aromatic carbocycles. The summed E-state index contributed by atoms with van der Waals surface area (Å²) in [6.07, 6.45) is 0. The molecule has 0 saturated carbocycles. The molecular formula is C26H28N2O6. The minimum atomic E-state index is -0.391. The summed E-state index contributed by atoms with van der Waals surface area (Å²) in [6.45, 7) is 0.538. The van der Waals surface area contributed by atoms with Crippen molar-refractivity contribution in [3.8, 4) is 23.0 Å². The topological polar surface area (TPSA) is 95.1 Å². The molecule has 178 valence electrons. The Balaban J connectivity index is 1.50. The second-order valence-corrected chi connectivity index (χ2v) is 7.29. The van der Waals surface area contributed by atoms with Crippen LogP contribution in [0, 0.1) is 0 Å². The molecule has 3 aromatic rings. The van der Waals surface area contributed by atoms with E-state index < -0.39 is 5.91 Å². The van der Waals surface area contributed by atoms with Gasteiger partial charge in [0.15, 0.2) is 23.0 Å². The Morgan fingerprint density at radius 1 is 0.706 bits per heavy atom. The maximum atomic E-state index is 12.4. The predicted molar refractivity (Wildman–Crippen MR) is 127 cm³/mol. The lowest BCUT2D eigenvalue weighted by atomic mass is 10.2. The van der Waals surface area contributed by atoms with Crippen LogP contribution in [0.2, 0.25) is 0 Å². The Hall–Kier alpha value is -4.20. The van der Waals surface area contributed by atoms with E-state index in [9.17, 15) is 9.59 Å². The fourth-order valence-corrected chi connectivity index (χ4v) is 3.18. The van der Waals surface area contributed by atoms with Crippen molar-refractivity contribution in [2.45, 2.75) is 13.2 Å². The van der Waals surface area contributed by atoms with Gasteiger partial charge < -0.3 is 29.6 Å². The van der Waals surface area contributed by atoms with Crippen LogP contribution in [0.4, 0.5) is 0 Å². The number of hydrogen-bond acceptors (Lipinski definition) is 6. The first kappa shape index (κ1) is 24.4. The monoisotopic (exact) mass is 464 g/mol. The number of methoxy groups -OCH3 is 3. The highest BCUT2D eigenvalue weighted by atomic mass is 16.5. The summed E-state index contributed by atoms with van der Waals surface area (Å²) in [5, 5.41) is 5.38. The third-order valence-corrected chi connectivity index (χ3v) is 5.01. The Labute approximate surface area is 198 Å². The van der Waals surface area contributed by atoms with E-state index in [-0.39, 0.29) is 19.0 Å². The molecule has 0 aliphatic heterocycles. The van der Waals surface area contributed by atoms with Crippen molar-refractivity contribution < 1.29 is 28.5 Å². The van der Waals surface area contributed by atoms with Crippen LogP contribution < -0.4 is 29.6 Å². The number of hydrogen-bond donors (Lipinski definition) is 2. The SMILES string of the molecule is COc1ccc(C(=O)NCC(=O)NCc2ccc(OCc3ccccc3)c(OC)c2)cc1OC. The summed E-state index contributed by atoms with van der Waals surface area (Å²) in [5.41, 5.74) is 2.25. The molecule has 2 amide bonds. The van der Waals surface area contributed by atoms with E-state index in [1.165, 1.54) is 14.2 Å². The van der Waals surface area contributed by atoms with Crippen molar-refractivity contribution in [3.05, 3.63) is 83.4 Å². The minimum absolute atomic E-state index is 0.164. The molecule has 0 spiro atoms. The van der Waals surface area contributed by atoms with E-state index in [0.717, 1.165) is 11.1 Å². The average Bonchev–Trinajstić information content (AvgIpc) is 2.89. The molecule has 8 heteroatoms. The van der Waals surface area contributed by atoms with Crippen molar-refractivity contribution in [1.82, 2.24) is 10.6 Å². The van der Waals surface area contributed by atoms with Crippen LogP contribution in [-0.2, 0) is 17.9 Å². The Morgan fingerprint density at radius 3 is 2.09 bits per heavy atom. The Morgan fingerprint density at radius 2 is 1.38 bits per heavy atom. The van der Waals surface area contributed by atoms with Crippen LogP contribution >= 0.6 is 0 Å². The van der Waals surface area contributed by atoms with E-state index in [1.54, 1.807) is 25.3 Å². The van der Waals surface area contributed by atoms with E-state index >= 15 is 0 Å². The zero-order chi connectivity index (χ0) is 24.3. The minimum Gasteiger partial charge on any atom is -0.493 e. The van der Waals surface area contributed by atoms with Crippen molar-refractivity contribution in [3.63, 3.8) is 0 Å². The standard InChI is InChI=1S/C26H28N2O6/c1-31-21-12-10-20(14-24(21)33-3)26(30)28-16-25(29)27-15-19-9-11-22(23(13-19)32-2)34-17-18-7-5-4-6-8-18/h4-14H,15-17H2,1-3H3,(H,27,29)(H,28,30). The van der Waals surface area contributed by atoms with E-state index in [2.05, 4.69) is 10.6 Å². The van der Waals surface area contributed by atoms with Gasteiger partial charge in [0.05, 0.1) is 27.9 Å². The quantitative estimate of drug-likeness (QED) is 0.452. The van der Waals surface area contributed by atoms with Crippen molar-refractivity contribution in [1.29, 1.82) is 0 Å². The summed E-state index contributed by atoms with van der Waals surface area (Å²) in [4.78, 5) is 24.6. The van der Waals surface area contributed by atoms with Crippen LogP contribution in [0.1, 0.15) is 21.5 Å². The zero-order valence-electron chi connectivity index (χ0n) is 19.4. The molecular weight excluding hydrogens is 436 g/mol. The first-order valence-electron chi connectivity index (χ1n) is 10.6. The maximum Gasteiger partial charge on any atom is 0.251 e. The van der Waals surface area contributed by atoms with Gasteiger partial charge in [0.1, 0.15) is 6.61 Å². The molecule has 3 rings (SSSR count). The van der Waals surface area contributed by atoms with Gasteiger partial charge in [-0.1, -0.05) is 36.4 Å². The molecule has 0 aliphatic rings. The van der Waals surface area contributed by atoms with E-state index in [0.29, 0.717) is 35.2 Å². The average molecular weight is 465 g/mol. The lowest BCUT2D eigenvalue weighted by Gasteiger charge is -2.13. The second-order valence-electron chi connectivity index (χ2n) is 7.29. The van der Waals surface area contributed by atoms with Crippen LogP contribution in [0.5, 0.6) is 23.0 Å². The molecule has 0 fully saturated rings. The molecule has 0 radical (unpaired) electrons. The van der Waals surface area contributed by atoms with Gasteiger partial charge >= 0.3 is 0 Å². The van der Waals surface area contributed by atoms with Crippen molar-refractivity contribution in [2.75, 3.05) is 27.9 Å². The third kappa shape index (κ3) is 6.65. The fourth-order valence-electron chi connectivity index (χ4n) is 3.18. The molecule has 8 nitrogen and oxygen atoms in total. The van der Waals surface area contributed by atoms with Gasteiger partial charge in [0.25, 0.3) is 5.91 Å². The normalized spacial score (nSPS) is 10.2. The molecule has 0 heterocycles. The summed E-state index contributed by atoms with van der Waals surface area (Å²) >= 11 is 0. The highest BCUT2D eigenvalue weighted by Crippen LogP contribution is 2.29. The van der Waals surface area contributed by atoms with Gasteiger partial charge in [-0.05, 0) is 41.5 Å². The lowest BCUT2D eigenvalue weighted by molar-refractivity contribution is -0.120. The number of carbonyl (C=O) groups excluding carboxylic acids is 2. The smallest absolute Gasteiger partial charge is 0.251 e. The molecule has 34 heavy (non-hydrogen) atoms. The summed E-state index contributed by atoms with van der Waals surface area (Å²) in [5.74, 6) is 1.43. The van der Waals surface area contributed by atoms with E-state index in [1.807, 2.05) is 48.5 Å². The number of carbonyl (C=O) groups is 2. The largest absolute Gasteiger partial charge is 0.493 e. The van der Waals surface area contributed by atoms with Crippen LogP contribution in [0.15, 0.2) is 66.7 Å². The van der Waals surface area contributed by atoms with Gasteiger partial charge in [-0.3, -0.25) is 9.59 Å². The fraction of sp³-hybridized carbons (Fsp3) is 0.231. The highest BCUT2D eigenvalue weighted by Gasteiger charge is 2.12. The number of nitrogens with one attached hydrogen (secondary N) is 2. The van der Waals surface area contributed by atoms with Crippen molar-refractivity contribution >= 4 is 11.8 Å². The van der Waals surface area contributed by atoms with Crippen molar-refractivity contribution in [2.24, 2.45) is 0 Å². The summed E-state index contributed by atoms with van der Waals surface area (Å²) in [7, 11) is 4.57. The second kappa shape index (κ2) is 12.2. The molecule has 0 aliphatic carbocycles. The highest BCUT2D eigenvalue weighted by molar-refractivity contribution is 5.97. The van der Waals surface area contributed by atoms with Gasteiger partial charge in [0, 0.05) is 12.1 Å². The summed E-state index contributed by atoms with van der Waals surface area (Å²) in [6, 6.07) is 20.1. The van der Waals surface area contributed by atoms with E-state index in [4.69, 9.17) is 18.9 Å². The molecule has 0 bridgehead atoms. The molecule has 2 N–H and O–H groups in total. The van der Waals surface area contributed by atoms with Gasteiger partial charge in [-0.25, -0.2) is 0 Å². The van der Waals surface area contributed by atoms with Crippen LogP contribution in [0.3, 0.4) is 0 Å². The molecule has 0 atom stereocenters. The number of amides is 2. The van der Waals surface area contributed by atoms with Crippen LogP contribution in [0.25, 0.3) is 0 Å². The molecule has 0 saturated heterocycles. The van der Waals surface area contributed by atoms with Gasteiger partial charge in [-0.15, -0.1) is 0 Å². The number of rotatable bonds is 11. The Kier molecular flexibility index (Phi) is 8.73. The third-order valence-electron chi connectivity index (χ3n) is 5.01. The maximum absolute atomic E-state index is 12.4. The number of benzene rings is 3. The number of ether oxygens (including phenoxy) is 4. The molecule has 0 unspecified atom stereocenters. The molecule has 0 aromatic heterocycles. The zero-order valence-corrected chi connectivity index (χ0v) is 19.4. The first-order chi connectivity index (χ1) is 16.5. The summed E-state index contributed by atoms with van der Waals surface area (Å²) < 4.78 is 21.7.